The van der Waals surface area contributed by atoms with E-state index >= 15 is 0 Å². The van der Waals surface area contributed by atoms with Crippen molar-refractivity contribution < 1.29 is 17.9 Å². The number of rotatable bonds is 6. The fourth-order valence-electron chi connectivity index (χ4n) is 4.44. The summed E-state index contributed by atoms with van der Waals surface area (Å²) >= 11 is 0. The topological polar surface area (TPSA) is 79.0 Å². The monoisotopic (exact) mass is 451 g/mol. The van der Waals surface area contributed by atoms with Gasteiger partial charge in [-0.1, -0.05) is 12.5 Å². The molecular formula is C23H37N3O4S. The first-order valence-electron chi connectivity index (χ1n) is 11.3. The Kier molecular flexibility index (Phi) is 7.46. The fraction of sp³-hybridized carbons (Fsp3) is 0.696. The molecule has 0 saturated carbocycles. The number of morpholine rings is 1. The predicted molar refractivity (Wildman–Crippen MR) is 122 cm³/mol. The maximum atomic E-state index is 13.0. The van der Waals surface area contributed by atoms with Crippen molar-refractivity contribution in [2.45, 2.75) is 76.5 Å². The fourth-order valence-corrected chi connectivity index (χ4v) is 5.98. The first kappa shape index (κ1) is 24.2. The Morgan fingerprint density at radius 3 is 2.35 bits per heavy atom. The van der Waals surface area contributed by atoms with E-state index in [1.807, 2.05) is 6.92 Å². The van der Waals surface area contributed by atoms with Crippen LogP contribution in [0.15, 0.2) is 23.1 Å². The van der Waals surface area contributed by atoms with Gasteiger partial charge in [0.2, 0.25) is 10.0 Å². The van der Waals surface area contributed by atoms with Gasteiger partial charge in [-0.25, -0.2) is 8.42 Å². The van der Waals surface area contributed by atoms with E-state index < -0.39 is 10.0 Å². The molecule has 2 heterocycles. The van der Waals surface area contributed by atoms with Crippen molar-refractivity contribution in [2.24, 2.45) is 0 Å². The number of carbonyl (C=O) groups is 1. The van der Waals surface area contributed by atoms with Gasteiger partial charge in [0.05, 0.1) is 17.1 Å². The minimum Gasteiger partial charge on any atom is -0.373 e. The number of amides is 1. The van der Waals surface area contributed by atoms with Crippen LogP contribution in [0, 0.1) is 6.92 Å². The standard InChI is InChI=1S/C23H37N3O4S/c1-17-9-10-20(31(28,29)26-11-7-6-8-12-26)13-21(17)22(27)24-16-23(4,5)25-14-18(2)30-19(3)15-25/h9-10,13,18-19H,6-8,11-12,14-16H2,1-5H3,(H,24,27). The van der Waals surface area contributed by atoms with Crippen molar-refractivity contribution in [1.29, 1.82) is 0 Å². The Morgan fingerprint density at radius 2 is 1.74 bits per heavy atom. The van der Waals surface area contributed by atoms with Crippen molar-refractivity contribution >= 4 is 15.9 Å². The number of carbonyl (C=O) groups excluding carboxylic acids is 1. The summed E-state index contributed by atoms with van der Waals surface area (Å²) in [4.78, 5) is 15.6. The van der Waals surface area contributed by atoms with Crippen LogP contribution in [-0.4, -0.2) is 74.0 Å². The lowest BCUT2D eigenvalue weighted by Gasteiger charge is -2.45. The molecule has 2 aliphatic heterocycles. The summed E-state index contributed by atoms with van der Waals surface area (Å²) in [6.07, 6.45) is 3.12. The SMILES string of the molecule is Cc1ccc(S(=O)(=O)N2CCCCC2)cc1C(=O)NCC(C)(C)N1CC(C)OC(C)C1. The molecule has 2 fully saturated rings. The van der Waals surface area contributed by atoms with E-state index in [9.17, 15) is 13.2 Å². The summed E-state index contributed by atoms with van der Waals surface area (Å²) in [5.74, 6) is -0.240. The largest absolute Gasteiger partial charge is 0.373 e. The second kappa shape index (κ2) is 9.57. The summed E-state index contributed by atoms with van der Waals surface area (Å²) in [6.45, 7) is 13.4. The van der Waals surface area contributed by atoms with Crippen molar-refractivity contribution in [3.05, 3.63) is 29.3 Å². The number of piperidine rings is 1. The summed E-state index contributed by atoms with van der Waals surface area (Å²) < 4.78 is 33.4. The van der Waals surface area contributed by atoms with Gasteiger partial charge in [0.25, 0.3) is 5.91 Å². The first-order chi connectivity index (χ1) is 14.5. The number of nitrogens with zero attached hydrogens (tertiary/aromatic N) is 2. The lowest BCUT2D eigenvalue weighted by Crippen LogP contribution is -2.58. The lowest BCUT2D eigenvalue weighted by molar-refractivity contribution is -0.0948. The molecule has 2 unspecified atom stereocenters. The van der Waals surface area contributed by atoms with E-state index in [4.69, 9.17) is 4.74 Å². The number of ether oxygens (including phenoxy) is 1. The maximum absolute atomic E-state index is 13.0. The van der Waals surface area contributed by atoms with Crippen LogP contribution in [0.5, 0.6) is 0 Å². The average Bonchev–Trinajstić information content (AvgIpc) is 2.72. The summed E-state index contributed by atoms with van der Waals surface area (Å²) in [5.41, 5.74) is 0.937. The lowest BCUT2D eigenvalue weighted by atomic mass is 9.99. The number of sulfonamides is 1. The molecule has 0 aromatic heterocycles. The molecule has 1 N–H and O–H groups in total. The molecule has 2 saturated heterocycles. The molecule has 7 nitrogen and oxygen atoms in total. The van der Waals surface area contributed by atoms with Crippen molar-refractivity contribution in [3.63, 3.8) is 0 Å². The van der Waals surface area contributed by atoms with Crippen LogP contribution in [0.4, 0.5) is 0 Å². The van der Waals surface area contributed by atoms with Gasteiger partial charge in [-0.3, -0.25) is 9.69 Å². The molecule has 8 heteroatoms. The summed E-state index contributed by atoms with van der Waals surface area (Å²) in [6, 6.07) is 4.86. The number of aryl methyl sites for hydroxylation is 1. The van der Waals surface area contributed by atoms with Crippen molar-refractivity contribution in [3.8, 4) is 0 Å². The molecule has 3 rings (SSSR count). The third-order valence-electron chi connectivity index (χ3n) is 6.36. The average molecular weight is 452 g/mol. The van der Waals surface area contributed by atoms with Gasteiger partial charge >= 0.3 is 0 Å². The van der Waals surface area contributed by atoms with Crippen LogP contribution in [0.3, 0.4) is 0 Å². The molecule has 2 aliphatic rings. The Bertz CT molecular complexity index is 884. The van der Waals surface area contributed by atoms with E-state index in [0.29, 0.717) is 25.2 Å². The molecule has 0 aliphatic carbocycles. The molecule has 1 amide bonds. The van der Waals surface area contributed by atoms with Crippen LogP contribution in [0.2, 0.25) is 0 Å². The first-order valence-corrected chi connectivity index (χ1v) is 12.7. The van der Waals surface area contributed by atoms with Crippen LogP contribution in [0.25, 0.3) is 0 Å². The Morgan fingerprint density at radius 1 is 1.13 bits per heavy atom. The number of benzene rings is 1. The smallest absolute Gasteiger partial charge is 0.251 e. The second-order valence-corrected chi connectivity index (χ2v) is 11.5. The zero-order chi connectivity index (χ0) is 22.8. The summed E-state index contributed by atoms with van der Waals surface area (Å²) in [7, 11) is -3.58. The normalized spacial score (nSPS) is 24.2. The molecule has 0 spiro atoms. The van der Waals surface area contributed by atoms with Gasteiger partial charge < -0.3 is 10.1 Å². The van der Waals surface area contributed by atoms with E-state index in [2.05, 4.69) is 37.9 Å². The molecule has 174 valence electrons. The molecule has 0 radical (unpaired) electrons. The predicted octanol–water partition coefficient (Wildman–Crippen LogP) is 2.79. The summed E-state index contributed by atoms with van der Waals surface area (Å²) in [5, 5.41) is 3.04. The maximum Gasteiger partial charge on any atom is 0.251 e. The highest BCUT2D eigenvalue weighted by atomic mass is 32.2. The van der Waals surface area contributed by atoms with E-state index in [0.717, 1.165) is 37.9 Å². The van der Waals surface area contributed by atoms with Crippen LogP contribution in [0.1, 0.15) is 62.9 Å². The quantitative estimate of drug-likeness (QED) is 0.720. The highest BCUT2D eigenvalue weighted by Crippen LogP contribution is 2.24. The van der Waals surface area contributed by atoms with Gasteiger partial charge in [0, 0.05) is 43.8 Å². The Labute approximate surface area is 187 Å². The van der Waals surface area contributed by atoms with Gasteiger partial charge in [-0.15, -0.1) is 0 Å². The molecule has 1 aromatic carbocycles. The Hall–Kier alpha value is -1.48. The molecule has 0 bridgehead atoms. The third kappa shape index (κ3) is 5.66. The highest BCUT2D eigenvalue weighted by molar-refractivity contribution is 7.89. The van der Waals surface area contributed by atoms with E-state index in [-0.39, 0.29) is 28.5 Å². The third-order valence-corrected chi connectivity index (χ3v) is 8.26. The van der Waals surface area contributed by atoms with E-state index in [1.54, 1.807) is 12.1 Å². The van der Waals surface area contributed by atoms with Crippen LogP contribution < -0.4 is 5.32 Å². The second-order valence-electron chi connectivity index (χ2n) is 9.60. The minimum absolute atomic E-state index is 0.151. The van der Waals surface area contributed by atoms with Gasteiger partial charge in [0.15, 0.2) is 0 Å². The van der Waals surface area contributed by atoms with Crippen LogP contribution >= 0.6 is 0 Å². The van der Waals surface area contributed by atoms with Gasteiger partial charge in [-0.2, -0.15) is 4.31 Å². The molecule has 31 heavy (non-hydrogen) atoms. The Balaban J connectivity index is 1.72. The van der Waals surface area contributed by atoms with Crippen molar-refractivity contribution in [1.82, 2.24) is 14.5 Å². The van der Waals surface area contributed by atoms with Crippen LogP contribution in [-0.2, 0) is 14.8 Å². The highest BCUT2D eigenvalue weighted by Gasteiger charge is 2.34. The minimum atomic E-state index is -3.58. The molecule has 1 aromatic rings. The number of nitrogens with one attached hydrogen (secondary N) is 1. The number of hydrogen-bond acceptors (Lipinski definition) is 5. The zero-order valence-corrected chi connectivity index (χ0v) is 20.3. The zero-order valence-electron chi connectivity index (χ0n) is 19.5. The molecular weight excluding hydrogens is 414 g/mol. The molecule has 2 atom stereocenters. The van der Waals surface area contributed by atoms with Crippen molar-refractivity contribution in [2.75, 3.05) is 32.7 Å². The van der Waals surface area contributed by atoms with E-state index in [1.165, 1.54) is 10.4 Å². The number of hydrogen-bond donors (Lipinski definition) is 1. The van der Waals surface area contributed by atoms with Gasteiger partial charge in [-0.05, 0) is 65.2 Å². The van der Waals surface area contributed by atoms with Gasteiger partial charge in [0.1, 0.15) is 0 Å².